The molecule has 0 saturated carbocycles. The fourth-order valence-corrected chi connectivity index (χ4v) is 1.42. The zero-order valence-corrected chi connectivity index (χ0v) is 11.3. The summed E-state index contributed by atoms with van der Waals surface area (Å²) >= 11 is 0. The summed E-state index contributed by atoms with van der Waals surface area (Å²) in [5.74, 6) is -17.7. The number of allylic oxidation sites excluding steroid dienone is 1. The van der Waals surface area contributed by atoms with E-state index in [0.717, 1.165) is 0 Å². The van der Waals surface area contributed by atoms with Gasteiger partial charge in [-0.25, -0.2) is 4.39 Å². The van der Waals surface area contributed by atoms with Gasteiger partial charge in [0, 0.05) is 11.8 Å². The first-order chi connectivity index (χ1) is 10.3. The zero-order valence-electron chi connectivity index (χ0n) is 11.3. The molecule has 0 spiro atoms. The molecule has 0 aliphatic heterocycles. The lowest BCUT2D eigenvalue weighted by Gasteiger charge is -2.26. The van der Waals surface area contributed by atoms with Gasteiger partial charge < -0.3 is 5.32 Å². The Kier molecular flexibility index (Phi) is 5.07. The number of hydrogen-bond acceptors (Lipinski definition) is 1. The molecule has 0 fully saturated rings. The monoisotopic (exact) mass is 347 g/mol. The van der Waals surface area contributed by atoms with Crippen LogP contribution in [0.1, 0.15) is 5.56 Å². The Morgan fingerprint density at radius 1 is 1.04 bits per heavy atom. The minimum atomic E-state index is -6.69. The van der Waals surface area contributed by atoms with Gasteiger partial charge in [-0.05, 0) is 18.6 Å². The molecule has 0 aromatic heterocycles. The first kappa shape index (κ1) is 18.9. The van der Waals surface area contributed by atoms with Gasteiger partial charge in [0.15, 0.2) is 5.83 Å². The molecule has 0 saturated heterocycles. The lowest BCUT2D eigenvalue weighted by Crippen LogP contribution is -2.52. The van der Waals surface area contributed by atoms with E-state index in [9.17, 15) is 39.9 Å². The van der Waals surface area contributed by atoms with E-state index in [4.69, 9.17) is 0 Å². The van der Waals surface area contributed by atoms with Gasteiger partial charge in [0.05, 0.1) is 0 Å². The van der Waals surface area contributed by atoms with Crippen molar-refractivity contribution in [2.24, 2.45) is 0 Å². The number of carbonyl (C=O) groups excluding carboxylic acids is 1. The number of para-hydroxylation sites is 1. The van der Waals surface area contributed by atoms with Gasteiger partial charge in [0.1, 0.15) is 0 Å². The Balaban J connectivity index is 3.03. The molecule has 128 valence electrons. The first-order valence-corrected chi connectivity index (χ1v) is 5.87. The predicted molar refractivity (Wildman–Crippen MR) is 64.9 cm³/mol. The van der Waals surface area contributed by atoms with E-state index in [-0.39, 0.29) is 5.69 Å². The van der Waals surface area contributed by atoms with Crippen molar-refractivity contribution in [3.8, 4) is 0 Å². The third-order valence-electron chi connectivity index (χ3n) is 2.71. The maximum atomic E-state index is 13.1. The molecule has 0 aliphatic carbocycles. The highest BCUT2D eigenvalue weighted by atomic mass is 19.4. The second-order valence-corrected chi connectivity index (χ2v) is 4.44. The summed E-state index contributed by atoms with van der Waals surface area (Å²) in [6.07, 6.45) is -7.33. The molecule has 1 N–H and O–H groups in total. The molecule has 0 heterocycles. The molecule has 0 radical (unpaired) electrons. The fourth-order valence-electron chi connectivity index (χ4n) is 1.42. The van der Waals surface area contributed by atoms with Crippen molar-refractivity contribution in [2.75, 3.05) is 5.32 Å². The molecule has 23 heavy (non-hydrogen) atoms. The average molecular weight is 347 g/mol. The minimum absolute atomic E-state index is 0.0486. The molecule has 0 atom stereocenters. The molecule has 10 heteroatoms. The number of anilines is 1. The second-order valence-electron chi connectivity index (χ2n) is 4.44. The van der Waals surface area contributed by atoms with Gasteiger partial charge in [0.2, 0.25) is 0 Å². The van der Waals surface area contributed by atoms with Crippen molar-refractivity contribution in [3.63, 3.8) is 0 Å². The largest absolute Gasteiger partial charge is 0.460 e. The molecule has 1 amide bonds. The molecule has 0 aliphatic rings. The smallest absolute Gasteiger partial charge is 0.322 e. The van der Waals surface area contributed by atoms with Gasteiger partial charge in [-0.3, -0.25) is 4.79 Å². The SMILES string of the molecule is Cc1ccccc1NC(=O)/C=C(/F)C(F)(F)C(F)(F)C(F)(F)F. The average Bonchev–Trinajstić information content (AvgIpc) is 2.39. The van der Waals surface area contributed by atoms with Crippen molar-refractivity contribution in [1.29, 1.82) is 0 Å². The highest BCUT2D eigenvalue weighted by Crippen LogP contribution is 2.50. The van der Waals surface area contributed by atoms with E-state index < -0.39 is 35.8 Å². The number of carbonyl (C=O) groups is 1. The van der Waals surface area contributed by atoms with E-state index in [1.165, 1.54) is 25.1 Å². The van der Waals surface area contributed by atoms with Crippen LogP contribution < -0.4 is 5.32 Å². The lowest BCUT2D eigenvalue weighted by atomic mass is 10.1. The summed E-state index contributed by atoms with van der Waals surface area (Å²) in [7, 11) is 0. The summed E-state index contributed by atoms with van der Waals surface area (Å²) in [5, 5.41) is 1.89. The van der Waals surface area contributed by atoms with E-state index in [1.807, 2.05) is 5.32 Å². The van der Waals surface area contributed by atoms with Crippen LogP contribution in [0.5, 0.6) is 0 Å². The number of amides is 1. The van der Waals surface area contributed by atoms with Gasteiger partial charge in [-0.1, -0.05) is 18.2 Å². The fraction of sp³-hybridized carbons (Fsp3) is 0.308. The van der Waals surface area contributed by atoms with Crippen LogP contribution >= 0.6 is 0 Å². The molecule has 1 rings (SSSR count). The van der Waals surface area contributed by atoms with Crippen LogP contribution in [0.15, 0.2) is 36.2 Å². The normalized spacial score (nSPS) is 13.9. The predicted octanol–water partition coefficient (Wildman–Crippen LogP) is 4.62. The van der Waals surface area contributed by atoms with Gasteiger partial charge in [0.25, 0.3) is 5.91 Å². The number of nitrogens with one attached hydrogen (secondary N) is 1. The molecule has 0 bridgehead atoms. The summed E-state index contributed by atoms with van der Waals surface area (Å²) < 4.78 is 100. The van der Waals surface area contributed by atoms with E-state index in [0.29, 0.717) is 5.56 Å². The van der Waals surface area contributed by atoms with Crippen molar-refractivity contribution in [3.05, 3.63) is 41.7 Å². The van der Waals surface area contributed by atoms with E-state index in [2.05, 4.69) is 0 Å². The first-order valence-electron chi connectivity index (χ1n) is 5.87. The Hall–Kier alpha value is -2.13. The molecule has 2 nitrogen and oxygen atoms in total. The summed E-state index contributed by atoms with van der Waals surface area (Å²) in [5.41, 5.74) is 0.481. The van der Waals surface area contributed by atoms with Crippen LogP contribution in [0.25, 0.3) is 0 Å². The summed E-state index contributed by atoms with van der Waals surface area (Å²) in [4.78, 5) is 11.3. The Bertz CT molecular complexity index is 621. The third-order valence-corrected chi connectivity index (χ3v) is 2.71. The lowest BCUT2D eigenvalue weighted by molar-refractivity contribution is -0.347. The maximum Gasteiger partial charge on any atom is 0.460 e. The molecular weight excluding hydrogens is 338 g/mol. The number of hydrogen-bond donors (Lipinski definition) is 1. The van der Waals surface area contributed by atoms with Crippen LogP contribution in [-0.2, 0) is 4.79 Å². The van der Waals surface area contributed by atoms with Gasteiger partial charge >= 0.3 is 18.0 Å². The Morgan fingerprint density at radius 2 is 1.57 bits per heavy atom. The number of rotatable bonds is 4. The maximum absolute atomic E-state index is 13.1. The Labute approximate surface area is 124 Å². The topological polar surface area (TPSA) is 29.1 Å². The number of aryl methyl sites for hydroxylation is 1. The zero-order chi connectivity index (χ0) is 18.1. The van der Waals surface area contributed by atoms with Crippen molar-refractivity contribution >= 4 is 11.6 Å². The van der Waals surface area contributed by atoms with Crippen molar-refractivity contribution < 1.29 is 39.9 Å². The molecule has 1 aromatic carbocycles. The highest BCUT2D eigenvalue weighted by molar-refractivity contribution is 6.00. The standard InChI is InChI=1S/C13H9F8NO/c1-7-4-2-3-5-8(7)22-10(23)6-9(14)11(15,16)12(17,18)13(19,20)21/h2-6H,1H3,(H,22,23)/b9-6+. The van der Waals surface area contributed by atoms with Crippen LogP contribution in [0.2, 0.25) is 0 Å². The molecule has 0 unspecified atom stereocenters. The third kappa shape index (κ3) is 3.80. The van der Waals surface area contributed by atoms with Crippen LogP contribution in [0.3, 0.4) is 0 Å². The van der Waals surface area contributed by atoms with Crippen LogP contribution in [0.4, 0.5) is 40.8 Å². The number of halogens is 8. The highest BCUT2D eigenvalue weighted by Gasteiger charge is 2.75. The van der Waals surface area contributed by atoms with E-state index in [1.54, 1.807) is 6.07 Å². The number of benzene rings is 1. The molecular formula is C13H9F8NO. The van der Waals surface area contributed by atoms with Crippen molar-refractivity contribution in [2.45, 2.75) is 24.9 Å². The minimum Gasteiger partial charge on any atom is -0.322 e. The van der Waals surface area contributed by atoms with Crippen LogP contribution in [-0.4, -0.2) is 23.9 Å². The summed E-state index contributed by atoms with van der Waals surface area (Å²) in [6.45, 7) is 1.49. The quantitative estimate of drug-likeness (QED) is 0.625. The number of alkyl halides is 7. The van der Waals surface area contributed by atoms with Crippen LogP contribution in [0, 0.1) is 6.92 Å². The molecule has 1 aromatic rings. The van der Waals surface area contributed by atoms with E-state index >= 15 is 0 Å². The second kappa shape index (κ2) is 6.17. The van der Waals surface area contributed by atoms with Crippen molar-refractivity contribution in [1.82, 2.24) is 0 Å². The Morgan fingerprint density at radius 3 is 2.04 bits per heavy atom. The van der Waals surface area contributed by atoms with Gasteiger partial charge in [-0.15, -0.1) is 0 Å². The summed E-state index contributed by atoms with van der Waals surface area (Å²) in [6, 6.07) is 5.76. The van der Waals surface area contributed by atoms with Gasteiger partial charge in [-0.2, -0.15) is 30.7 Å².